The van der Waals surface area contributed by atoms with E-state index in [9.17, 15) is 8.42 Å². The molecule has 4 heteroatoms. The second-order valence-corrected chi connectivity index (χ2v) is 9.11. The quantitative estimate of drug-likeness (QED) is 0.729. The Morgan fingerprint density at radius 2 is 1.47 bits per heavy atom. The maximum absolute atomic E-state index is 12.8. The molecular weight excluding hydrogens is 258 g/mol. The van der Waals surface area contributed by atoms with Crippen LogP contribution in [0.4, 0.5) is 0 Å². The minimum absolute atomic E-state index is 0.0781. The summed E-state index contributed by atoms with van der Waals surface area (Å²) in [6.45, 7) is 1.60. The predicted molar refractivity (Wildman–Crippen MR) is 75.1 cm³/mol. The molecule has 2 bridgehead atoms. The average molecular weight is 281 g/mol. The van der Waals surface area contributed by atoms with Crippen LogP contribution in [0.15, 0.2) is 12.2 Å². The summed E-state index contributed by atoms with van der Waals surface area (Å²) in [4.78, 5) is 0. The van der Waals surface area contributed by atoms with Crippen LogP contribution in [0.2, 0.25) is 0 Å². The largest absolute Gasteiger partial charge is 0.216 e. The van der Waals surface area contributed by atoms with Gasteiger partial charge >= 0.3 is 0 Å². The maximum atomic E-state index is 12.8. The fraction of sp³-hybridized carbons (Fsp3) is 0.867. The van der Waals surface area contributed by atoms with Crippen LogP contribution in [0, 0.1) is 23.7 Å². The van der Waals surface area contributed by atoms with E-state index < -0.39 is 10.0 Å². The second-order valence-electron chi connectivity index (χ2n) is 6.90. The molecule has 106 valence electrons. The van der Waals surface area contributed by atoms with E-state index in [0.29, 0.717) is 23.7 Å². The van der Waals surface area contributed by atoms with Crippen molar-refractivity contribution >= 4 is 10.0 Å². The van der Waals surface area contributed by atoms with Gasteiger partial charge in [0.1, 0.15) is 0 Å². The highest BCUT2D eigenvalue weighted by Crippen LogP contribution is 2.52. The fourth-order valence-electron chi connectivity index (χ4n) is 4.89. The zero-order valence-corrected chi connectivity index (χ0v) is 12.2. The van der Waals surface area contributed by atoms with Gasteiger partial charge in [0.2, 0.25) is 10.0 Å². The first kappa shape index (κ1) is 12.4. The van der Waals surface area contributed by atoms with Crippen molar-refractivity contribution in [3.05, 3.63) is 12.2 Å². The van der Waals surface area contributed by atoms with Gasteiger partial charge in [0.25, 0.3) is 0 Å². The lowest BCUT2D eigenvalue weighted by Gasteiger charge is -2.27. The number of fused-ring (bicyclic) bond motifs is 5. The molecule has 4 unspecified atom stereocenters. The lowest BCUT2D eigenvalue weighted by Crippen LogP contribution is -2.39. The van der Waals surface area contributed by atoms with Gasteiger partial charge in [-0.05, 0) is 42.9 Å². The molecule has 3 aliphatic carbocycles. The van der Waals surface area contributed by atoms with Gasteiger partial charge in [-0.15, -0.1) is 0 Å². The Morgan fingerprint density at radius 1 is 0.895 bits per heavy atom. The molecule has 0 aromatic heterocycles. The number of hydrogen-bond acceptors (Lipinski definition) is 2. The summed E-state index contributed by atoms with van der Waals surface area (Å²) >= 11 is 0. The first-order valence-corrected chi connectivity index (χ1v) is 9.34. The van der Waals surface area contributed by atoms with E-state index in [4.69, 9.17) is 0 Å². The Bertz CT molecular complexity index is 472. The molecule has 0 aromatic rings. The van der Waals surface area contributed by atoms with Crippen LogP contribution in [-0.2, 0) is 10.0 Å². The molecule has 2 saturated carbocycles. The Hall–Kier alpha value is -0.350. The second kappa shape index (κ2) is 4.32. The summed E-state index contributed by atoms with van der Waals surface area (Å²) in [5.41, 5.74) is 0. The van der Waals surface area contributed by atoms with E-state index in [1.165, 1.54) is 12.8 Å². The molecule has 1 aliphatic heterocycles. The lowest BCUT2D eigenvalue weighted by atomic mass is 9.86. The number of allylic oxidation sites excluding steroid dienone is 2. The van der Waals surface area contributed by atoms with Crippen LogP contribution < -0.4 is 0 Å². The summed E-state index contributed by atoms with van der Waals surface area (Å²) in [5, 5.41) is -0.0781. The van der Waals surface area contributed by atoms with Crippen molar-refractivity contribution < 1.29 is 8.42 Å². The molecule has 0 amide bonds. The number of hydrogen-bond donors (Lipinski definition) is 0. The third kappa shape index (κ3) is 1.83. The average Bonchev–Trinajstić information content (AvgIpc) is 3.12. The van der Waals surface area contributed by atoms with Crippen LogP contribution in [0.25, 0.3) is 0 Å². The SMILES string of the molecule is O=S(=O)(C1CCCCC1)N1CC2C3C=CC(C3)C2C1. The third-order valence-corrected chi connectivity index (χ3v) is 8.29. The van der Waals surface area contributed by atoms with Crippen molar-refractivity contribution in [3.8, 4) is 0 Å². The van der Waals surface area contributed by atoms with Crippen molar-refractivity contribution in [2.75, 3.05) is 13.1 Å². The molecule has 3 nitrogen and oxygen atoms in total. The molecule has 4 atom stereocenters. The van der Waals surface area contributed by atoms with Crippen molar-refractivity contribution in [1.29, 1.82) is 0 Å². The summed E-state index contributed by atoms with van der Waals surface area (Å²) in [7, 11) is -3.02. The Morgan fingerprint density at radius 3 is 2.05 bits per heavy atom. The monoisotopic (exact) mass is 281 g/mol. The zero-order valence-electron chi connectivity index (χ0n) is 11.4. The van der Waals surface area contributed by atoms with Gasteiger partial charge in [-0.1, -0.05) is 31.4 Å². The molecule has 1 heterocycles. The zero-order chi connectivity index (χ0) is 13.0. The first-order chi connectivity index (χ1) is 9.16. The summed E-state index contributed by atoms with van der Waals surface area (Å²) < 4.78 is 27.4. The number of sulfonamides is 1. The molecule has 1 saturated heterocycles. The molecule has 0 spiro atoms. The van der Waals surface area contributed by atoms with E-state index in [-0.39, 0.29) is 5.25 Å². The van der Waals surface area contributed by atoms with Crippen LogP contribution in [0.3, 0.4) is 0 Å². The number of rotatable bonds is 2. The van der Waals surface area contributed by atoms with Gasteiger partial charge in [-0.2, -0.15) is 0 Å². The predicted octanol–water partition coefficient (Wildman–Crippen LogP) is 2.40. The normalized spacial score (nSPS) is 42.9. The molecule has 4 rings (SSSR count). The molecule has 4 aliphatic rings. The van der Waals surface area contributed by atoms with E-state index in [1.807, 2.05) is 4.31 Å². The molecule has 0 aromatic carbocycles. The van der Waals surface area contributed by atoms with Crippen LogP contribution in [0.1, 0.15) is 38.5 Å². The van der Waals surface area contributed by atoms with Gasteiger partial charge in [0.15, 0.2) is 0 Å². The van der Waals surface area contributed by atoms with E-state index >= 15 is 0 Å². The summed E-state index contributed by atoms with van der Waals surface area (Å²) in [6.07, 6.45) is 11.1. The van der Waals surface area contributed by atoms with E-state index in [0.717, 1.165) is 38.8 Å². The van der Waals surface area contributed by atoms with Crippen molar-refractivity contribution in [2.45, 2.75) is 43.8 Å². The van der Waals surface area contributed by atoms with Crippen molar-refractivity contribution in [2.24, 2.45) is 23.7 Å². The minimum Gasteiger partial charge on any atom is -0.212 e. The van der Waals surface area contributed by atoms with Gasteiger partial charge in [0, 0.05) is 13.1 Å². The highest BCUT2D eigenvalue weighted by Gasteiger charge is 2.52. The Kier molecular flexibility index (Phi) is 2.82. The molecule has 19 heavy (non-hydrogen) atoms. The third-order valence-electron chi connectivity index (χ3n) is 5.96. The molecule has 0 N–H and O–H groups in total. The van der Waals surface area contributed by atoms with Crippen molar-refractivity contribution in [1.82, 2.24) is 4.31 Å². The minimum atomic E-state index is -3.02. The Labute approximate surface area is 116 Å². The van der Waals surface area contributed by atoms with Gasteiger partial charge < -0.3 is 0 Å². The van der Waals surface area contributed by atoms with Gasteiger partial charge in [-0.3, -0.25) is 0 Å². The van der Waals surface area contributed by atoms with E-state index in [2.05, 4.69) is 12.2 Å². The number of nitrogens with zero attached hydrogens (tertiary/aromatic N) is 1. The molecular formula is C15H23NO2S. The Balaban J connectivity index is 1.52. The van der Waals surface area contributed by atoms with Crippen LogP contribution in [-0.4, -0.2) is 31.1 Å². The molecule has 3 fully saturated rings. The standard InChI is InChI=1S/C15H23NO2S/c17-19(18,13-4-2-1-3-5-13)16-9-14-11-6-7-12(8-11)15(14)10-16/h6-7,11-15H,1-5,8-10H2. The topological polar surface area (TPSA) is 37.4 Å². The smallest absolute Gasteiger partial charge is 0.212 e. The first-order valence-electron chi connectivity index (χ1n) is 7.83. The van der Waals surface area contributed by atoms with Crippen molar-refractivity contribution in [3.63, 3.8) is 0 Å². The summed E-state index contributed by atoms with van der Waals surface area (Å²) in [6, 6.07) is 0. The lowest BCUT2D eigenvalue weighted by molar-refractivity contribution is 0.395. The van der Waals surface area contributed by atoms with Gasteiger partial charge in [-0.25, -0.2) is 12.7 Å². The van der Waals surface area contributed by atoms with E-state index in [1.54, 1.807) is 0 Å². The highest BCUT2D eigenvalue weighted by molar-refractivity contribution is 7.89. The van der Waals surface area contributed by atoms with Crippen LogP contribution >= 0.6 is 0 Å². The summed E-state index contributed by atoms with van der Waals surface area (Å²) in [5.74, 6) is 2.57. The van der Waals surface area contributed by atoms with Crippen LogP contribution in [0.5, 0.6) is 0 Å². The maximum Gasteiger partial charge on any atom is 0.216 e. The van der Waals surface area contributed by atoms with Gasteiger partial charge in [0.05, 0.1) is 5.25 Å². The molecule has 0 radical (unpaired) electrons. The highest BCUT2D eigenvalue weighted by atomic mass is 32.2. The fourth-order valence-corrected chi connectivity index (χ4v) is 7.01.